The van der Waals surface area contributed by atoms with Gasteiger partial charge in [-0.3, -0.25) is 4.90 Å². The standard InChI is InChI=1S/C37H46N8/c1-25(2)38-32-22-27(43-18-7-5-8-19-43)14-16-30(32)33-24-29-12-11-13-35-41-36(42-37(40-33)45(29)35)31-17-15-28(23-34(31)39-26(3)4)44-20-9-6-10-21-44/h11-17,22-26,38-39H,5-10,18-21H2,1-4H3. The Kier molecular flexibility index (Phi) is 8.21. The molecular weight excluding hydrogens is 556 g/mol. The second-order valence-electron chi connectivity index (χ2n) is 13.3. The summed E-state index contributed by atoms with van der Waals surface area (Å²) in [5.41, 5.74) is 8.70. The molecule has 8 heteroatoms. The molecule has 0 amide bonds. The van der Waals surface area contributed by atoms with Gasteiger partial charge in [0, 0.05) is 72.1 Å². The molecule has 0 aromatic heterocycles. The van der Waals surface area contributed by atoms with E-state index in [-0.39, 0.29) is 6.04 Å². The number of anilines is 4. The molecule has 2 aromatic carbocycles. The molecule has 5 aliphatic heterocycles. The third-order valence-corrected chi connectivity index (χ3v) is 8.98. The molecule has 2 saturated heterocycles. The van der Waals surface area contributed by atoms with Gasteiger partial charge in [-0.1, -0.05) is 6.08 Å². The molecule has 45 heavy (non-hydrogen) atoms. The van der Waals surface area contributed by atoms with Gasteiger partial charge in [0.25, 0.3) is 0 Å². The molecule has 0 spiro atoms. The van der Waals surface area contributed by atoms with Crippen LogP contribution in [0.5, 0.6) is 0 Å². The monoisotopic (exact) mass is 602 g/mol. The van der Waals surface area contributed by atoms with E-state index in [1.54, 1.807) is 0 Å². The van der Waals surface area contributed by atoms with E-state index >= 15 is 0 Å². The summed E-state index contributed by atoms with van der Waals surface area (Å²) >= 11 is 0. The van der Waals surface area contributed by atoms with Crippen LogP contribution >= 0.6 is 0 Å². The molecule has 2 aromatic rings. The normalized spacial score (nSPS) is 19.5. The van der Waals surface area contributed by atoms with Crippen molar-refractivity contribution in [2.75, 3.05) is 46.6 Å². The van der Waals surface area contributed by atoms with Crippen LogP contribution in [0.25, 0.3) is 0 Å². The van der Waals surface area contributed by atoms with Gasteiger partial charge in [-0.25, -0.2) is 9.98 Å². The molecular formula is C37H46N8. The average Bonchev–Trinajstić information content (AvgIpc) is 3.05. The first kappa shape index (κ1) is 29.4. The SMILES string of the molecule is CC(C)Nc1cc(N2CCCCC2)ccc1C1=NC2=NC(c3ccc(N4CCCCC4)cc3NC(C)C)=NC3=CC=CC(=C1)N32. The smallest absolute Gasteiger partial charge is 0.238 e. The highest BCUT2D eigenvalue weighted by Gasteiger charge is 2.31. The quantitative estimate of drug-likeness (QED) is 0.327. The number of guanidine groups is 1. The number of nitrogens with one attached hydrogen (secondary N) is 2. The van der Waals surface area contributed by atoms with Gasteiger partial charge in [0.2, 0.25) is 5.96 Å². The number of amidine groups is 1. The summed E-state index contributed by atoms with van der Waals surface area (Å²) < 4.78 is 0. The van der Waals surface area contributed by atoms with Gasteiger partial charge >= 0.3 is 0 Å². The van der Waals surface area contributed by atoms with Crippen molar-refractivity contribution < 1.29 is 0 Å². The van der Waals surface area contributed by atoms with E-state index < -0.39 is 0 Å². The zero-order chi connectivity index (χ0) is 30.9. The second kappa shape index (κ2) is 12.6. The lowest BCUT2D eigenvalue weighted by Gasteiger charge is -2.34. The fourth-order valence-electron chi connectivity index (χ4n) is 6.86. The third kappa shape index (κ3) is 6.15. The Morgan fingerprint density at radius 3 is 1.84 bits per heavy atom. The first-order valence-electron chi connectivity index (χ1n) is 16.9. The molecule has 2 N–H and O–H groups in total. The first-order chi connectivity index (χ1) is 21.9. The second-order valence-corrected chi connectivity index (χ2v) is 13.3. The summed E-state index contributed by atoms with van der Waals surface area (Å²) in [5, 5.41) is 7.40. The number of aliphatic imine (C=N–C) groups is 3. The van der Waals surface area contributed by atoms with E-state index in [1.165, 1.54) is 49.9 Å². The van der Waals surface area contributed by atoms with Crippen LogP contribution in [-0.2, 0) is 0 Å². The van der Waals surface area contributed by atoms with Crippen LogP contribution in [0.15, 0.2) is 87.2 Å². The molecule has 0 aliphatic carbocycles. The minimum absolute atomic E-state index is 0.277. The fourth-order valence-corrected chi connectivity index (χ4v) is 6.86. The van der Waals surface area contributed by atoms with Crippen LogP contribution in [0.2, 0.25) is 0 Å². The summed E-state index contributed by atoms with van der Waals surface area (Å²) in [6, 6.07) is 14.0. The minimum atomic E-state index is 0.277. The van der Waals surface area contributed by atoms with Crippen molar-refractivity contribution in [2.45, 2.75) is 78.3 Å². The largest absolute Gasteiger partial charge is 0.382 e. The van der Waals surface area contributed by atoms with Crippen molar-refractivity contribution >= 4 is 40.3 Å². The molecule has 0 unspecified atom stereocenters. The average molecular weight is 603 g/mol. The predicted octanol–water partition coefficient (Wildman–Crippen LogP) is 7.52. The van der Waals surface area contributed by atoms with Gasteiger partial charge in [-0.2, -0.15) is 4.99 Å². The van der Waals surface area contributed by atoms with Crippen molar-refractivity contribution in [3.05, 3.63) is 83.3 Å². The van der Waals surface area contributed by atoms with Crippen LogP contribution in [-0.4, -0.2) is 60.7 Å². The molecule has 7 rings (SSSR count). The molecule has 2 fully saturated rings. The Balaban J connectivity index is 1.28. The van der Waals surface area contributed by atoms with Crippen molar-refractivity contribution in [1.82, 2.24) is 4.90 Å². The van der Waals surface area contributed by atoms with Crippen molar-refractivity contribution in [3.8, 4) is 0 Å². The highest BCUT2D eigenvalue weighted by Crippen LogP contribution is 2.35. The number of allylic oxidation sites excluding steroid dienone is 4. The van der Waals surface area contributed by atoms with Gasteiger partial charge in [0.05, 0.1) is 11.4 Å². The van der Waals surface area contributed by atoms with Gasteiger partial charge in [-0.15, -0.1) is 0 Å². The third-order valence-electron chi connectivity index (χ3n) is 8.98. The van der Waals surface area contributed by atoms with E-state index in [4.69, 9.17) is 15.0 Å². The highest BCUT2D eigenvalue weighted by molar-refractivity contribution is 6.22. The lowest BCUT2D eigenvalue weighted by molar-refractivity contribution is 0.578. The molecule has 0 atom stereocenters. The maximum absolute atomic E-state index is 5.20. The summed E-state index contributed by atoms with van der Waals surface area (Å²) in [4.78, 5) is 22.5. The Bertz CT molecular complexity index is 1550. The van der Waals surface area contributed by atoms with E-state index in [0.29, 0.717) is 17.8 Å². The number of hydrogen-bond donors (Lipinski definition) is 2. The zero-order valence-electron chi connectivity index (χ0n) is 27.2. The lowest BCUT2D eigenvalue weighted by atomic mass is 10.0. The van der Waals surface area contributed by atoms with Crippen LogP contribution in [0.1, 0.15) is 77.3 Å². The van der Waals surface area contributed by atoms with Gasteiger partial charge in [0.15, 0.2) is 5.84 Å². The fraction of sp³-hybridized carbons (Fsp3) is 0.432. The Hall–Kier alpha value is -4.33. The number of nitrogens with zero attached hydrogens (tertiary/aromatic N) is 6. The Morgan fingerprint density at radius 1 is 0.667 bits per heavy atom. The van der Waals surface area contributed by atoms with E-state index in [1.807, 2.05) is 6.08 Å². The number of benzene rings is 2. The summed E-state index contributed by atoms with van der Waals surface area (Å²) in [6.45, 7) is 13.2. The number of piperidine rings is 2. The predicted molar refractivity (Wildman–Crippen MR) is 190 cm³/mol. The van der Waals surface area contributed by atoms with Crippen molar-refractivity contribution in [1.29, 1.82) is 0 Å². The van der Waals surface area contributed by atoms with Gasteiger partial charge in [0.1, 0.15) is 5.82 Å². The molecule has 5 aliphatic rings. The number of rotatable bonds is 8. The molecule has 0 bridgehead atoms. The van der Waals surface area contributed by atoms with Crippen molar-refractivity contribution in [2.24, 2.45) is 15.0 Å². The summed E-state index contributed by atoms with van der Waals surface area (Å²) in [7, 11) is 0. The van der Waals surface area contributed by atoms with Crippen LogP contribution in [0.3, 0.4) is 0 Å². The van der Waals surface area contributed by atoms with Crippen LogP contribution < -0.4 is 20.4 Å². The van der Waals surface area contributed by atoms with E-state index in [9.17, 15) is 0 Å². The highest BCUT2D eigenvalue weighted by atomic mass is 15.4. The maximum Gasteiger partial charge on any atom is 0.238 e. The minimum Gasteiger partial charge on any atom is -0.382 e. The molecule has 8 nitrogen and oxygen atoms in total. The van der Waals surface area contributed by atoms with Crippen molar-refractivity contribution in [3.63, 3.8) is 0 Å². The topological polar surface area (TPSA) is 70.9 Å². The Labute approximate surface area is 268 Å². The van der Waals surface area contributed by atoms with E-state index in [0.717, 1.165) is 65.9 Å². The van der Waals surface area contributed by atoms with Gasteiger partial charge < -0.3 is 20.4 Å². The first-order valence-corrected chi connectivity index (χ1v) is 16.9. The van der Waals surface area contributed by atoms with E-state index in [2.05, 4.69) is 108 Å². The molecule has 5 heterocycles. The summed E-state index contributed by atoms with van der Waals surface area (Å²) in [6.07, 6.45) is 16.0. The van der Waals surface area contributed by atoms with Crippen LogP contribution in [0.4, 0.5) is 22.7 Å². The van der Waals surface area contributed by atoms with Gasteiger partial charge in [-0.05, 0) is 121 Å². The number of hydrogen-bond acceptors (Lipinski definition) is 8. The Morgan fingerprint density at radius 2 is 1.24 bits per heavy atom. The molecule has 234 valence electrons. The molecule has 0 saturated carbocycles. The lowest BCUT2D eigenvalue weighted by Crippen LogP contribution is -2.36. The maximum atomic E-state index is 5.20. The summed E-state index contributed by atoms with van der Waals surface area (Å²) in [5.74, 6) is 2.17. The van der Waals surface area contributed by atoms with Crippen LogP contribution in [0, 0.1) is 0 Å². The molecule has 0 radical (unpaired) electrons. The zero-order valence-corrected chi connectivity index (χ0v) is 27.2.